The Hall–Kier alpha value is -4.90. The fourth-order valence-corrected chi connectivity index (χ4v) is 4.33. The zero-order valence-corrected chi connectivity index (χ0v) is 22.3. The van der Waals surface area contributed by atoms with Gasteiger partial charge in [-0.15, -0.1) is 0 Å². The highest BCUT2D eigenvalue weighted by Gasteiger charge is 2.22. The molecular formula is C29H28FN7O3. The molecule has 0 atom stereocenters. The second-order valence-electron chi connectivity index (χ2n) is 9.34. The fourth-order valence-electron chi connectivity index (χ4n) is 4.33. The van der Waals surface area contributed by atoms with Crippen LogP contribution >= 0.6 is 0 Å². The van der Waals surface area contributed by atoms with E-state index in [-0.39, 0.29) is 28.7 Å². The van der Waals surface area contributed by atoms with Gasteiger partial charge < -0.3 is 16.0 Å². The van der Waals surface area contributed by atoms with Gasteiger partial charge in [-0.2, -0.15) is 9.37 Å². The first-order valence-corrected chi connectivity index (χ1v) is 12.7. The number of hydrogen-bond donors (Lipinski definition) is 3. The third-order valence-corrected chi connectivity index (χ3v) is 6.56. The summed E-state index contributed by atoms with van der Waals surface area (Å²) in [6, 6.07) is 14.3. The number of anilines is 4. The third kappa shape index (κ3) is 5.74. The van der Waals surface area contributed by atoms with Crippen LogP contribution in [0.1, 0.15) is 38.3 Å². The Morgan fingerprint density at radius 1 is 1.05 bits per heavy atom. The summed E-state index contributed by atoms with van der Waals surface area (Å²) in [6.07, 6.45) is 4.42. The molecule has 4 aromatic rings. The second kappa shape index (κ2) is 11.5. The molecule has 2 amide bonds. The third-order valence-electron chi connectivity index (χ3n) is 6.56. The molecule has 3 N–H and O–H groups in total. The Labute approximate surface area is 230 Å². The predicted octanol–water partition coefficient (Wildman–Crippen LogP) is 4.78. The van der Waals surface area contributed by atoms with Crippen molar-refractivity contribution in [3.05, 3.63) is 89.1 Å². The highest BCUT2D eigenvalue weighted by atomic mass is 19.1. The zero-order chi connectivity index (χ0) is 28.2. The van der Waals surface area contributed by atoms with E-state index in [2.05, 4.69) is 30.9 Å². The van der Waals surface area contributed by atoms with E-state index < -0.39 is 11.9 Å². The van der Waals surface area contributed by atoms with Crippen molar-refractivity contribution in [2.24, 2.45) is 0 Å². The van der Waals surface area contributed by atoms with Crippen molar-refractivity contribution in [3.63, 3.8) is 0 Å². The van der Waals surface area contributed by atoms with Gasteiger partial charge in [-0.05, 0) is 61.2 Å². The molecule has 6 rings (SSSR count). The number of rotatable bonds is 2. The summed E-state index contributed by atoms with van der Waals surface area (Å²) in [5.74, 6) is -0.878. The highest BCUT2D eigenvalue weighted by Crippen LogP contribution is 2.28. The average molecular weight is 542 g/mol. The molecule has 40 heavy (non-hydrogen) atoms. The number of nitrogens with one attached hydrogen (secondary N) is 3. The Bertz CT molecular complexity index is 1590. The number of hydroxylamine groups is 2. The van der Waals surface area contributed by atoms with E-state index in [9.17, 15) is 14.0 Å². The quantitative estimate of drug-likeness (QED) is 0.245. The van der Waals surface area contributed by atoms with Crippen molar-refractivity contribution in [1.29, 1.82) is 0 Å². The predicted molar refractivity (Wildman–Crippen MR) is 149 cm³/mol. The first-order chi connectivity index (χ1) is 19.3. The van der Waals surface area contributed by atoms with Crippen LogP contribution in [-0.4, -0.2) is 52.5 Å². The van der Waals surface area contributed by atoms with Gasteiger partial charge in [0.25, 0.3) is 11.8 Å². The maximum Gasteiger partial charge on any atom is 0.277 e. The molecule has 0 radical (unpaired) electrons. The maximum absolute atomic E-state index is 14.8. The van der Waals surface area contributed by atoms with Crippen LogP contribution < -0.4 is 16.0 Å². The first kappa shape index (κ1) is 26.7. The Balaban J connectivity index is 1.61. The normalized spacial score (nSPS) is 13.1. The van der Waals surface area contributed by atoms with Gasteiger partial charge in [0, 0.05) is 42.8 Å². The Kier molecular flexibility index (Phi) is 7.65. The molecule has 4 heterocycles. The summed E-state index contributed by atoms with van der Waals surface area (Å²) >= 11 is 0. The maximum atomic E-state index is 14.8. The van der Waals surface area contributed by atoms with Crippen molar-refractivity contribution in [2.45, 2.75) is 19.8 Å². The fraction of sp³-hybridized carbons (Fsp3) is 0.207. The molecule has 0 saturated carbocycles. The molecule has 0 spiro atoms. The number of benzene rings is 2. The molecule has 2 aliphatic heterocycles. The lowest BCUT2D eigenvalue weighted by atomic mass is 9.98. The highest BCUT2D eigenvalue weighted by molar-refractivity contribution is 6.07. The van der Waals surface area contributed by atoms with E-state index in [1.165, 1.54) is 20.4 Å². The summed E-state index contributed by atoms with van der Waals surface area (Å²) in [5, 5.41) is 10.2. The summed E-state index contributed by atoms with van der Waals surface area (Å²) in [6.45, 7) is 2.29. The zero-order valence-electron chi connectivity index (χ0n) is 22.3. The molecular weight excluding hydrogens is 513 g/mol. The summed E-state index contributed by atoms with van der Waals surface area (Å²) in [7, 11) is 2.82. The van der Waals surface area contributed by atoms with E-state index in [4.69, 9.17) is 4.84 Å². The lowest BCUT2D eigenvalue weighted by Gasteiger charge is -2.18. The number of amides is 2. The number of fused-ring (bicyclic) bond motifs is 6. The largest absolute Gasteiger partial charge is 0.352 e. The van der Waals surface area contributed by atoms with E-state index >= 15 is 0 Å². The van der Waals surface area contributed by atoms with Crippen molar-refractivity contribution >= 4 is 35.0 Å². The van der Waals surface area contributed by atoms with E-state index in [1.807, 2.05) is 31.2 Å². The van der Waals surface area contributed by atoms with Gasteiger partial charge >= 0.3 is 0 Å². The number of nitrogens with zero attached hydrogens (tertiary/aromatic N) is 4. The molecule has 0 aliphatic carbocycles. The minimum atomic E-state index is -0.747. The molecule has 2 aliphatic rings. The molecule has 10 nitrogen and oxygen atoms in total. The molecule has 11 heteroatoms. The van der Waals surface area contributed by atoms with Gasteiger partial charge in [-0.25, -0.2) is 15.0 Å². The van der Waals surface area contributed by atoms with E-state index in [0.29, 0.717) is 29.9 Å². The Morgan fingerprint density at radius 2 is 1.90 bits per heavy atom. The summed E-state index contributed by atoms with van der Waals surface area (Å²) in [5.41, 5.74) is 4.18. The minimum absolute atomic E-state index is 0.0485. The number of pyridine rings is 1. The van der Waals surface area contributed by atoms with Crippen LogP contribution in [-0.2, 0) is 11.3 Å². The number of aromatic nitrogens is 3. The van der Waals surface area contributed by atoms with Crippen molar-refractivity contribution in [3.8, 4) is 11.1 Å². The number of halogens is 1. The Morgan fingerprint density at radius 3 is 2.73 bits per heavy atom. The number of carbonyl (C=O) groups is 2. The average Bonchev–Trinajstić information content (AvgIpc) is 2.96. The van der Waals surface area contributed by atoms with Crippen LogP contribution in [0.25, 0.3) is 11.1 Å². The van der Waals surface area contributed by atoms with Crippen molar-refractivity contribution in [2.75, 3.05) is 31.3 Å². The molecule has 204 valence electrons. The number of aryl methyl sites for hydroxylation is 2. The topological polar surface area (TPSA) is 121 Å². The van der Waals surface area contributed by atoms with Gasteiger partial charge in [-0.3, -0.25) is 14.4 Å². The van der Waals surface area contributed by atoms with Crippen LogP contribution in [0.2, 0.25) is 0 Å². The lowest BCUT2D eigenvalue weighted by Crippen LogP contribution is -2.31. The number of hydrogen-bond acceptors (Lipinski definition) is 8. The lowest BCUT2D eigenvalue weighted by molar-refractivity contribution is -0.0757. The van der Waals surface area contributed by atoms with Gasteiger partial charge in [0.1, 0.15) is 5.82 Å². The van der Waals surface area contributed by atoms with E-state index in [1.54, 1.807) is 30.5 Å². The van der Waals surface area contributed by atoms with Gasteiger partial charge in [0.2, 0.25) is 11.9 Å². The number of carbonyl (C=O) groups excluding carboxylic acids is 2. The van der Waals surface area contributed by atoms with Crippen LogP contribution in [0.3, 0.4) is 0 Å². The SMILES string of the molecule is CON(C)C(=O)c1cc2ccc1C(=O)NCCCc1cccc(c1)Nc1nc(ncc1C)Nc1cc-2cnc1F. The monoisotopic (exact) mass is 541 g/mol. The smallest absolute Gasteiger partial charge is 0.277 e. The first-order valence-electron chi connectivity index (χ1n) is 12.7. The van der Waals surface area contributed by atoms with Gasteiger partial charge in [0.05, 0.1) is 23.9 Å². The second-order valence-corrected chi connectivity index (χ2v) is 9.34. The van der Waals surface area contributed by atoms with Crippen LogP contribution in [0.15, 0.2) is 60.9 Å². The minimum Gasteiger partial charge on any atom is -0.352 e. The molecule has 0 fully saturated rings. The summed E-state index contributed by atoms with van der Waals surface area (Å²) < 4.78 is 14.8. The molecule has 2 aromatic carbocycles. The van der Waals surface area contributed by atoms with E-state index in [0.717, 1.165) is 28.3 Å². The molecule has 8 bridgehead atoms. The van der Waals surface area contributed by atoms with Crippen LogP contribution in [0.4, 0.5) is 27.5 Å². The van der Waals surface area contributed by atoms with Gasteiger partial charge in [-0.1, -0.05) is 18.2 Å². The summed E-state index contributed by atoms with van der Waals surface area (Å²) in [4.78, 5) is 44.1. The van der Waals surface area contributed by atoms with Gasteiger partial charge in [0.15, 0.2) is 0 Å². The molecule has 2 aromatic heterocycles. The molecule has 0 saturated heterocycles. The van der Waals surface area contributed by atoms with Crippen LogP contribution in [0, 0.1) is 12.9 Å². The van der Waals surface area contributed by atoms with Crippen molar-refractivity contribution in [1.82, 2.24) is 25.3 Å². The van der Waals surface area contributed by atoms with Crippen LogP contribution in [0.5, 0.6) is 0 Å². The standard InChI is InChI=1S/C29H28FN7O3/c1-17-15-33-29-35-24-14-20(16-32-25(24)30)19-9-10-22(23(13-19)28(39)37(2)40-3)27(38)31-11-5-7-18-6-4-8-21(12-18)34-26(17)36-29/h4,6,8-10,12-16H,5,7,11H2,1-3H3,(H,31,38)(H2,33,34,35,36). The van der Waals surface area contributed by atoms with Crippen molar-refractivity contribution < 1.29 is 18.8 Å². The molecule has 0 unspecified atom stereocenters.